The van der Waals surface area contributed by atoms with Crippen LogP contribution in [0.1, 0.15) is 38.3 Å². The van der Waals surface area contributed by atoms with Gasteiger partial charge in [-0.2, -0.15) is 0 Å². The van der Waals surface area contributed by atoms with Crippen molar-refractivity contribution < 1.29 is 9.59 Å². The van der Waals surface area contributed by atoms with Crippen LogP contribution in [0.4, 0.5) is 5.69 Å². The first-order valence-corrected chi connectivity index (χ1v) is 6.80. The molecule has 2 rings (SSSR count). The predicted octanol–water partition coefficient (Wildman–Crippen LogP) is 2.66. The second-order valence-electron chi connectivity index (χ2n) is 4.68. The molecule has 4 nitrogen and oxygen atoms in total. The van der Waals surface area contributed by atoms with Gasteiger partial charge in [0.05, 0.1) is 0 Å². The van der Waals surface area contributed by atoms with Crippen LogP contribution in [0.15, 0.2) is 18.2 Å². The van der Waals surface area contributed by atoms with E-state index < -0.39 is 6.04 Å². The number of carbonyl (C=O) groups excluding carboxylic acids is 2. The molecule has 1 aliphatic heterocycles. The maximum atomic E-state index is 12.4. The maximum Gasteiger partial charge on any atom is 0.254 e. The van der Waals surface area contributed by atoms with E-state index in [0.29, 0.717) is 11.6 Å². The summed E-state index contributed by atoms with van der Waals surface area (Å²) in [4.78, 5) is 25.4. The first-order chi connectivity index (χ1) is 9.04. The smallest absolute Gasteiger partial charge is 0.254 e. The molecular formula is C14H17ClN2O2. The molecule has 1 aromatic carbocycles. The molecule has 1 N–H and O–H groups in total. The highest BCUT2D eigenvalue weighted by Crippen LogP contribution is 2.37. The Morgan fingerprint density at radius 3 is 2.84 bits per heavy atom. The zero-order valence-corrected chi connectivity index (χ0v) is 11.8. The number of halogens is 1. The lowest BCUT2D eigenvalue weighted by Gasteiger charge is -2.17. The van der Waals surface area contributed by atoms with Crippen molar-refractivity contribution in [1.29, 1.82) is 0 Å². The Morgan fingerprint density at radius 1 is 1.47 bits per heavy atom. The fourth-order valence-corrected chi connectivity index (χ4v) is 2.48. The Labute approximate surface area is 117 Å². The van der Waals surface area contributed by atoms with Gasteiger partial charge in [-0.05, 0) is 24.6 Å². The SMILES string of the molecule is CCCCN1C(=O)[C@H](NC(C)=O)c2cc(Cl)ccc21. The van der Waals surface area contributed by atoms with Crippen LogP contribution in [-0.4, -0.2) is 18.4 Å². The summed E-state index contributed by atoms with van der Waals surface area (Å²) in [6, 6.07) is 4.75. The summed E-state index contributed by atoms with van der Waals surface area (Å²) in [5.41, 5.74) is 1.63. The van der Waals surface area contributed by atoms with Gasteiger partial charge in [0.1, 0.15) is 6.04 Å². The molecule has 0 saturated carbocycles. The third kappa shape index (κ3) is 2.73. The summed E-state index contributed by atoms with van der Waals surface area (Å²) in [5, 5.41) is 3.26. The summed E-state index contributed by atoms with van der Waals surface area (Å²) >= 11 is 5.98. The van der Waals surface area contributed by atoms with Gasteiger partial charge in [-0.25, -0.2) is 0 Å². The molecule has 5 heteroatoms. The summed E-state index contributed by atoms with van der Waals surface area (Å²) in [7, 11) is 0. The molecule has 0 fully saturated rings. The van der Waals surface area contributed by atoms with Crippen LogP contribution in [0.2, 0.25) is 5.02 Å². The molecule has 0 spiro atoms. The number of hydrogen-bond acceptors (Lipinski definition) is 2. The van der Waals surface area contributed by atoms with Crippen molar-refractivity contribution in [3.05, 3.63) is 28.8 Å². The fraction of sp³-hybridized carbons (Fsp3) is 0.429. The second-order valence-corrected chi connectivity index (χ2v) is 5.12. The normalized spacial score (nSPS) is 17.5. The Kier molecular flexibility index (Phi) is 4.10. The molecule has 1 atom stereocenters. The van der Waals surface area contributed by atoms with Crippen molar-refractivity contribution in [2.24, 2.45) is 0 Å². The van der Waals surface area contributed by atoms with Gasteiger partial charge in [0.25, 0.3) is 5.91 Å². The summed E-state index contributed by atoms with van der Waals surface area (Å²) < 4.78 is 0. The van der Waals surface area contributed by atoms with Crippen molar-refractivity contribution in [2.45, 2.75) is 32.7 Å². The van der Waals surface area contributed by atoms with E-state index in [1.54, 1.807) is 17.0 Å². The van der Waals surface area contributed by atoms with E-state index in [2.05, 4.69) is 12.2 Å². The fourth-order valence-electron chi connectivity index (χ4n) is 2.30. The standard InChI is InChI=1S/C14H17ClN2O2/c1-3-4-7-17-12-6-5-10(15)8-11(12)13(14(17)19)16-9(2)18/h5-6,8,13H,3-4,7H2,1-2H3,(H,16,18)/t13-/m1/s1. The molecule has 1 heterocycles. The summed E-state index contributed by atoms with van der Waals surface area (Å²) in [5.74, 6) is -0.303. The molecule has 102 valence electrons. The lowest BCUT2D eigenvalue weighted by Crippen LogP contribution is -2.37. The number of benzene rings is 1. The van der Waals surface area contributed by atoms with Gasteiger partial charge in [-0.1, -0.05) is 24.9 Å². The van der Waals surface area contributed by atoms with Crippen molar-refractivity contribution >= 4 is 29.1 Å². The number of carbonyl (C=O) groups is 2. The quantitative estimate of drug-likeness (QED) is 0.922. The van der Waals surface area contributed by atoms with E-state index in [1.165, 1.54) is 6.92 Å². The van der Waals surface area contributed by atoms with E-state index in [-0.39, 0.29) is 11.8 Å². The molecule has 2 amide bonds. The van der Waals surface area contributed by atoms with E-state index in [1.807, 2.05) is 6.07 Å². The average molecular weight is 281 g/mol. The van der Waals surface area contributed by atoms with Gasteiger partial charge < -0.3 is 10.2 Å². The van der Waals surface area contributed by atoms with Crippen LogP contribution >= 0.6 is 11.6 Å². The molecular weight excluding hydrogens is 264 g/mol. The van der Waals surface area contributed by atoms with E-state index in [4.69, 9.17) is 11.6 Å². The molecule has 0 aliphatic carbocycles. The monoisotopic (exact) mass is 280 g/mol. The zero-order valence-electron chi connectivity index (χ0n) is 11.1. The molecule has 19 heavy (non-hydrogen) atoms. The molecule has 0 radical (unpaired) electrons. The van der Waals surface area contributed by atoms with Crippen molar-refractivity contribution in [3.8, 4) is 0 Å². The first kappa shape index (κ1) is 13.9. The lowest BCUT2D eigenvalue weighted by atomic mass is 10.1. The molecule has 0 saturated heterocycles. The van der Waals surface area contributed by atoms with E-state index >= 15 is 0 Å². The highest BCUT2D eigenvalue weighted by Gasteiger charge is 2.37. The number of fused-ring (bicyclic) bond motifs is 1. The van der Waals surface area contributed by atoms with Gasteiger partial charge in [-0.3, -0.25) is 9.59 Å². The third-order valence-corrected chi connectivity index (χ3v) is 3.42. The van der Waals surface area contributed by atoms with E-state index in [0.717, 1.165) is 24.1 Å². The minimum absolute atomic E-state index is 0.0825. The number of nitrogens with one attached hydrogen (secondary N) is 1. The molecule has 0 aromatic heterocycles. The average Bonchev–Trinajstić information content (AvgIpc) is 2.60. The van der Waals surface area contributed by atoms with Crippen molar-refractivity contribution in [3.63, 3.8) is 0 Å². The topological polar surface area (TPSA) is 49.4 Å². The summed E-state index contributed by atoms with van der Waals surface area (Å²) in [6.07, 6.45) is 1.94. The second kappa shape index (κ2) is 5.61. The van der Waals surface area contributed by atoms with Gasteiger partial charge in [-0.15, -0.1) is 0 Å². The zero-order chi connectivity index (χ0) is 14.0. The Hall–Kier alpha value is -1.55. The molecule has 0 unspecified atom stereocenters. The number of unbranched alkanes of at least 4 members (excludes halogenated alkanes) is 1. The first-order valence-electron chi connectivity index (χ1n) is 6.42. The Balaban J connectivity index is 2.36. The Bertz CT molecular complexity index is 516. The number of nitrogens with zero attached hydrogens (tertiary/aromatic N) is 1. The van der Waals surface area contributed by atoms with Crippen LogP contribution < -0.4 is 10.2 Å². The molecule has 1 aliphatic rings. The van der Waals surface area contributed by atoms with E-state index in [9.17, 15) is 9.59 Å². The van der Waals surface area contributed by atoms with Gasteiger partial charge in [0, 0.05) is 29.7 Å². The van der Waals surface area contributed by atoms with Crippen LogP contribution in [0, 0.1) is 0 Å². The maximum absolute atomic E-state index is 12.4. The minimum Gasteiger partial charge on any atom is -0.341 e. The van der Waals surface area contributed by atoms with Gasteiger partial charge in [0.15, 0.2) is 0 Å². The highest BCUT2D eigenvalue weighted by molar-refractivity contribution is 6.31. The van der Waals surface area contributed by atoms with Crippen LogP contribution in [0.25, 0.3) is 0 Å². The van der Waals surface area contributed by atoms with Crippen LogP contribution in [0.3, 0.4) is 0 Å². The Morgan fingerprint density at radius 2 is 2.21 bits per heavy atom. The largest absolute Gasteiger partial charge is 0.341 e. The highest BCUT2D eigenvalue weighted by atomic mass is 35.5. The van der Waals surface area contributed by atoms with Crippen LogP contribution in [-0.2, 0) is 9.59 Å². The van der Waals surface area contributed by atoms with Crippen LogP contribution in [0.5, 0.6) is 0 Å². The predicted molar refractivity (Wildman–Crippen MR) is 75.3 cm³/mol. The molecule has 0 bridgehead atoms. The number of hydrogen-bond donors (Lipinski definition) is 1. The van der Waals surface area contributed by atoms with Crippen molar-refractivity contribution in [2.75, 3.05) is 11.4 Å². The lowest BCUT2D eigenvalue weighted by molar-refractivity contribution is -0.126. The minimum atomic E-state index is -0.608. The number of rotatable bonds is 4. The van der Waals surface area contributed by atoms with Gasteiger partial charge in [0.2, 0.25) is 5.91 Å². The third-order valence-electron chi connectivity index (χ3n) is 3.19. The van der Waals surface area contributed by atoms with Crippen molar-refractivity contribution in [1.82, 2.24) is 5.32 Å². The summed E-state index contributed by atoms with van der Waals surface area (Å²) in [6.45, 7) is 4.15. The molecule has 1 aromatic rings. The number of anilines is 1. The van der Waals surface area contributed by atoms with Gasteiger partial charge >= 0.3 is 0 Å². The number of amides is 2.